The number of nitrogens with zero attached hydrogens (tertiary/aromatic N) is 2. The molecule has 1 heterocycles. The van der Waals surface area contributed by atoms with Crippen molar-refractivity contribution in [3.05, 3.63) is 35.9 Å². The number of rotatable bonds is 1. The van der Waals surface area contributed by atoms with Gasteiger partial charge in [0, 0.05) is 7.05 Å². The Morgan fingerprint density at radius 2 is 1.93 bits per heavy atom. The Balaban J connectivity index is 2.37. The van der Waals surface area contributed by atoms with E-state index in [-0.39, 0.29) is 11.8 Å². The lowest BCUT2D eigenvalue weighted by Gasteiger charge is -2.09. The number of likely N-dealkylation sites (N-methyl/N-ethyl adjacent to an activating group) is 1. The third-order valence-electron chi connectivity index (χ3n) is 2.42. The lowest BCUT2D eigenvalue weighted by Crippen LogP contribution is -2.22. The second-order valence-electron chi connectivity index (χ2n) is 3.45. The zero-order valence-corrected chi connectivity index (χ0v) is 8.27. The lowest BCUT2D eigenvalue weighted by molar-refractivity contribution is -0.128. The van der Waals surface area contributed by atoms with E-state index in [0.29, 0.717) is 0 Å². The average molecular weight is 188 g/mol. The summed E-state index contributed by atoms with van der Waals surface area (Å²) in [6.07, 6.45) is 0. The van der Waals surface area contributed by atoms with E-state index in [1.807, 2.05) is 37.3 Å². The van der Waals surface area contributed by atoms with Crippen LogP contribution in [0.4, 0.5) is 0 Å². The molecule has 3 nitrogen and oxygen atoms in total. The molecule has 0 aromatic heterocycles. The summed E-state index contributed by atoms with van der Waals surface area (Å²) in [5.74, 6) is -0.130. The molecule has 0 aliphatic carbocycles. The summed E-state index contributed by atoms with van der Waals surface area (Å²) in [6.45, 7) is 1.89. The Morgan fingerprint density at radius 3 is 2.43 bits per heavy atom. The fraction of sp³-hybridized carbons (Fsp3) is 0.273. The largest absolute Gasteiger partial charge is 0.272 e. The second kappa shape index (κ2) is 3.25. The van der Waals surface area contributed by atoms with Crippen LogP contribution in [0.1, 0.15) is 18.4 Å². The first-order valence-electron chi connectivity index (χ1n) is 4.58. The number of carbonyl (C=O) groups is 1. The minimum Gasteiger partial charge on any atom is -0.272 e. The molecule has 1 atom stereocenters. The van der Waals surface area contributed by atoms with E-state index in [4.69, 9.17) is 0 Å². The maximum absolute atomic E-state index is 11.7. The first kappa shape index (κ1) is 8.94. The first-order valence-corrected chi connectivity index (χ1v) is 4.58. The Kier molecular flexibility index (Phi) is 2.08. The molecule has 1 aliphatic heterocycles. The summed E-state index contributed by atoms with van der Waals surface area (Å²) < 4.78 is 0. The highest BCUT2D eigenvalue weighted by molar-refractivity contribution is 6.11. The molecule has 0 bridgehead atoms. The summed E-state index contributed by atoms with van der Waals surface area (Å²) in [5.41, 5.74) is 1.88. The normalized spacial score (nSPS) is 21.3. The van der Waals surface area contributed by atoms with Crippen LogP contribution in [0, 0.1) is 0 Å². The summed E-state index contributed by atoms with van der Waals surface area (Å²) >= 11 is 0. The van der Waals surface area contributed by atoms with Crippen LogP contribution in [0.25, 0.3) is 0 Å². The molecule has 0 spiro atoms. The summed E-state index contributed by atoms with van der Waals surface area (Å²) in [4.78, 5) is 11.7. The van der Waals surface area contributed by atoms with Gasteiger partial charge in [-0.1, -0.05) is 30.3 Å². The fourth-order valence-electron chi connectivity index (χ4n) is 1.74. The predicted molar refractivity (Wildman–Crippen MR) is 55.1 cm³/mol. The van der Waals surface area contributed by atoms with Crippen molar-refractivity contribution in [2.45, 2.75) is 12.8 Å². The molecule has 3 heteroatoms. The van der Waals surface area contributed by atoms with Crippen LogP contribution in [0.3, 0.4) is 0 Å². The molecular weight excluding hydrogens is 176 g/mol. The van der Waals surface area contributed by atoms with Gasteiger partial charge in [0.25, 0.3) is 5.91 Å². The molecule has 0 unspecified atom stereocenters. The van der Waals surface area contributed by atoms with Crippen molar-refractivity contribution in [3.63, 3.8) is 0 Å². The van der Waals surface area contributed by atoms with E-state index < -0.39 is 0 Å². The molecule has 0 radical (unpaired) electrons. The van der Waals surface area contributed by atoms with Crippen molar-refractivity contribution in [1.29, 1.82) is 0 Å². The number of carbonyl (C=O) groups excluding carboxylic acids is 1. The molecule has 0 saturated heterocycles. The van der Waals surface area contributed by atoms with Crippen molar-refractivity contribution >= 4 is 11.6 Å². The Bertz CT molecular complexity index is 384. The average Bonchev–Trinajstić information content (AvgIpc) is 2.43. The third-order valence-corrected chi connectivity index (χ3v) is 2.42. The monoisotopic (exact) mass is 188 g/mol. The van der Waals surface area contributed by atoms with Gasteiger partial charge in [0.05, 0.1) is 5.71 Å². The van der Waals surface area contributed by atoms with Gasteiger partial charge < -0.3 is 0 Å². The minimum absolute atomic E-state index is 0.0497. The third kappa shape index (κ3) is 1.31. The molecule has 0 saturated carbocycles. The molecule has 1 aromatic carbocycles. The van der Waals surface area contributed by atoms with E-state index in [2.05, 4.69) is 5.10 Å². The molecular formula is C11H12N2O. The van der Waals surface area contributed by atoms with Gasteiger partial charge in [-0.25, -0.2) is 5.01 Å². The van der Waals surface area contributed by atoms with Crippen molar-refractivity contribution in [2.75, 3.05) is 7.05 Å². The summed E-state index contributed by atoms with van der Waals surface area (Å²) in [6, 6.07) is 9.74. The van der Waals surface area contributed by atoms with Crippen LogP contribution in [-0.2, 0) is 4.79 Å². The number of hydrogen-bond donors (Lipinski definition) is 0. The van der Waals surface area contributed by atoms with Gasteiger partial charge in [-0.2, -0.15) is 5.10 Å². The summed E-state index contributed by atoms with van der Waals surface area (Å²) in [7, 11) is 1.69. The number of hydrogen-bond acceptors (Lipinski definition) is 2. The standard InChI is InChI=1S/C11H12N2O/c1-8-10(11(14)13(2)12-8)9-6-4-3-5-7-9/h3-7,10H,1-2H3/t10-/m0/s1. The topological polar surface area (TPSA) is 32.7 Å². The SMILES string of the molecule is CC1=NN(C)C(=O)[C@@H]1c1ccccc1. The number of hydrazone groups is 1. The quantitative estimate of drug-likeness (QED) is 0.659. The van der Waals surface area contributed by atoms with Crippen LogP contribution in [-0.4, -0.2) is 23.7 Å². The molecule has 1 aliphatic rings. The van der Waals surface area contributed by atoms with E-state index in [0.717, 1.165) is 11.3 Å². The summed E-state index contributed by atoms with van der Waals surface area (Å²) in [5, 5.41) is 5.54. The molecule has 2 rings (SSSR count). The number of benzene rings is 1. The molecule has 1 aromatic rings. The van der Waals surface area contributed by atoms with E-state index in [1.165, 1.54) is 5.01 Å². The van der Waals surface area contributed by atoms with Crippen LogP contribution < -0.4 is 0 Å². The Hall–Kier alpha value is -1.64. The van der Waals surface area contributed by atoms with Crippen LogP contribution in [0.15, 0.2) is 35.4 Å². The van der Waals surface area contributed by atoms with Gasteiger partial charge >= 0.3 is 0 Å². The zero-order chi connectivity index (χ0) is 10.1. The van der Waals surface area contributed by atoms with Crippen LogP contribution in [0.5, 0.6) is 0 Å². The van der Waals surface area contributed by atoms with Crippen molar-refractivity contribution < 1.29 is 4.79 Å². The highest BCUT2D eigenvalue weighted by Crippen LogP contribution is 2.24. The molecule has 0 fully saturated rings. The van der Waals surface area contributed by atoms with Gasteiger partial charge in [-0.3, -0.25) is 4.79 Å². The minimum atomic E-state index is -0.179. The second-order valence-corrected chi connectivity index (χ2v) is 3.45. The molecule has 72 valence electrons. The van der Waals surface area contributed by atoms with Crippen LogP contribution in [0.2, 0.25) is 0 Å². The van der Waals surface area contributed by atoms with Crippen LogP contribution >= 0.6 is 0 Å². The van der Waals surface area contributed by atoms with Gasteiger partial charge in [-0.05, 0) is 12.5 Å². The maximum Gasteiger partial charge on any atom is 0.255 e. The van der Waals surface area contributed by atoms with E-state index in [1.54, 1.807) is 7.05 Å². The van der Waals surface area contributed by atoms with Crippen molar-refractivity contribution in [1.82, 2.24) is 5.01 Å². The van der Waals surface area contributed by atoms with Gasteiger partial charge in [0.2, 0.25) is 0 Å². The number of amides is 1. The highest BCUT2D eigenvalue weighted by Gasteiger charge is 2.32. The maximum atomic E-state index is 11.7. The van der Waals surface area contributed by atoms with E-state index in [9.17, 15) is 4.79 Å². The zero-order valence-electron chi connectivity index (χ0n) is 8.27. The molecule has 0 N–H and O–H groups in total. The van der Waals surface area contributed by atoms with Crippen molar-refractivity contribution in [3.8, 4) is 0 Å². The Morgan fingerprint density at radius 1 is 1.29 bits per heavy atom. The Labute approximate surface area is 83.0 Å². The predicted octanol–water partition coefficient (Wildman–Crippen LogP) is 1.62. The first-order chi connectivity index (χ1) is 6.70. The molecule has 1 amide bonds. The molecule has 14 heavy (non-hydrogen) atoms. The van der Waals surface area contributed by atoms with Crippen molar-refractivity contribution in [2.24, 2.45) is 5.10 Å². The highest BCUT2D eigenvalue weighted by atomic mass is 16.2. The lowest BCUT2D eigenvalue weighted by atomic mass is 9.95. The smallest absolute Gasteiger partial charge is 0.255 e. The van der Waals surface area contributed by atoms with E-state index >= 15 is 0 Å². The van der Waals surface area contributed by atoms with Gasteiger partial charge in [0.1, 0.15) is 5.92 Å². The van der Waals surface area contributed by atoms with Gasteiger partial charge in [-0.15, -0.1) is 0 Å². The van der Waals surface area contributed by atoms with Gasteiger partial charge in [0.15, 0.2) is 0 Å². The fourth-order valence-corrected chi connectivity index (χ4v) is 1.74.